The van der Waals surface area contributed by atoms with E-state index in [1.807, 2.05) is 0 Å². The summed E-state index contributed by atoms with van der Waals surface area (Å²) < 4.78 is 133. The molecule has 7 nitrogen and oxygen atoms in total. The van der Waals surface area contributed by atoms with Crippen LogP contribution in [0.15, 0.2) is 53.6 Å². The molecule has 194 valence electrons. The molecular weight excluding hydrogens is 523 g/mol. The van der Waals surface area contributed by atoms with Crippen molar-refractivity contribution in [3.63, 3.8) is 0 Å². The maximum atomic E-state index is 14.9. The van der Waals surface area contributed by atoms with Crippen molar-refractivity contribution in [3.05, 3.63) is 71.4 Å². The number of ether oxygens (including phenoxy) is 2. The summed E-state index contributed by atoms with van der Waals surface area (Å²) in [4.78, 5) is -1.18. The summed E-state index contributed by atoms with van der Waals surface area (Å²) in [6.45, 7) is -0.312. The smallest absolute Gasteiger partial charge is 0.416 e. The number of alkyl halides is 5. The molecule has 0 fully saturated rings. The van der Waals surface area contributed by atoms with Crippen molar-refractivity contribution in [2.45, 2.75) is 23.9 Å². The van der Waals surface area contributed by atoms with E-state index in [1.54, 1.807) is 0 Å². The first kappa shape index (κ1) is 27.1. The summed E-state index contributed by atoms with van der Waals surface area (Å²) in [6.07, 6.45) is -3.81. The van der Waals surface area contributed by atoms with Gasteiger partial charge in [0.15, 0.2) is 17.4 Å². The standard InChI is InChI=1S/C21H16F7N3O4S/c1-20(24,25)12-6-13(21(26,27)28)8-14(7-12)35-17-9-16(23)18(10-15(17)22)36(32,33)31(11-34-2)19-4-3-5-29-30-19/h3-10H,11H2,1-2H3. The van der Waals surface area contributed by atoms with E-state index in [2.05, 4.69) is 10.2 Å². The molecule has 3 rings (SSSR count). The molecule has 1 heterocycles. The number of aromatic nitrogens is 2. The van der Waals surface area contributed by atoms with Crippen molar-refractivity contribution in [1.82, 2.24) is 10.2 Å². The molecule has 0 N–H and O–H groups in total. The summed E-state index contributed by atoms with van der Waals surface area (Å²) in [6, 6.07) is 4.05. The second kappa shape index (κ2) is 9.89. The highest BCUT2D eigenvalue weighted by molar-refractivity contribution is 7.92. The third-order valence-corrected chi connectivity index (χ3v) is 6.32. The monoisotopic (exact) mass is 539 g/mol. The van der Waals surface area contributed by atoms with Gasteiger partial charge >= 0.3 is 6.18 Å². The van der Waals surface area contributed by atoms with Gasteiger partial charge in [-0.15, -0.1) is 5.10 Å². The minimum absolute atomic E-state index is 0.191. The molecule has 1 aromatic heterocycles. The van der Waals surface area contributed by atoms with Crippen LogP contribution in [0.2, 0.25) is 0 Å². The Morgan fingerprint density at radius 3 is 2.19 bits per heavy atom. The summed E-state index contributed by atoms with van der Waals surface area (Å²) in [7, 11) is -3.69. The number of anilines is 1. The van der Waals surface area contributed by atoms with Gasteiger partial charge in [-0.3, -0.25) is 0 Å². The van der Waals surface area contributed by atoms with Crippen LogP contribution in [0.1, 0.15) is 18.1 Å². The largest absolute Gasteiger partial charge is 0.454 e. The Morgan fingerprint density at radius 2 is 1.64 bits per heavy atom. The SMILES string of the molecule is COCN(c1cccnn1)S(=O)(=O)c1cc(F)c(Oc2cc(C(C)(F)F)cc(C(F)(F)F)c2)cc1F. The van der Waals surface area contributed by atoms with Gasteiger partial charge in [0.25, 0.3) is 15.9 Å². The lowest BCUT2D eigenvalue weighted by molar-refractivity contribution is -0.137. The van der Waals surface area contributed by atoms with Crippen molar-refractivity contribution in [2.24, 2.45) is 0 Å². The number of hydrogen-bond acceptors (Lipinski definition) is 6. The van der Waals surface area contributed by atoms with Gasteiger partial charge in [0, 0.05) is 37.9 Å². The minimum atomic E-state index is -5.05. The molecular formula is C21H16F7N3O4S. The third-order valence-electron chi connectivity index (χ3n) is 4.58. The van der Waals surface area contributed by atoms with Crippen LogP contribution in [-0.4, -0.2) is 32.5 Å². The Morgan fingerprint density at radius 1 is 0.972 bits per heavy atom. The first-order valence-corrected chi connectivity index (χ1v) is 11.2. The Hall–Kier alpha value is -3.46. The van der Waals surface area contributed by atoms with Gasteiger partial charge in [0.1, 0.15) is 23.2 Å². The fourth-order valence-electron chi connectivity index (χ4n) is 2.91. The lowest BCUT2D eigenvalue weighted by atomic mass is 10.1. The van der Waals surface area contributed by atoms with Crippen LogP contribution in [0.5, 0.6) is 11.5 Å². The molecule has 0 amide bonds. The highest BCUT2D eigenvalue weighted by atomic mass is 32.2. The maximum absolute atomic E-state index is 14.9. The molecule has 0 saturated carbocycles. The molecule has 0 radical (unpaired) electrons. The predicted molar refractivity (Wildman–Crippen MR) is 111 cm³/mol. The number of rotatable bonds is 8. The Bertz CT molecular complexity index is 1320. The highest BCUT2D eigenvalue weighted by Crippen LogP contribution is 2.39. The number of methoxy groups -OCH3 is 1. The van der Waals surface area contributed by atoms with E-state index in [-0.39, 0.29) is 24.0 Å². The molecule has 0 saturated heterocycles. The van der Waals surface area contributed by atoms with E-state index >= 15 is 0 Å². The summed E-state index contributed by atoms with van der Waals surface area (Å²) in [5.74, 6) is -8.98. The average Bonchev–Trinajstić information content (AvgIpc) is 2.78. The van der Waals surface area contributed by atoms with Crippen molar-refractivity contribution >= 4 is 15.8 Å². The lowest BCUT2D eigenvalue weighted by Crippen LogP contribution is -2.34. The second-order valence-corrected chi connectivity index (χ2v) is 9.13. The van der Waals surface area contributed by atoms with Crippen molar-refractivity contribution in [1.29, 1.82) is 0 Å². The quantitative estimate of drug-likeness (QED) is 0.279. The number of nitrogens with zero attached hydrogens (tertiary/aromatic N) is 3. The molecule has 0 atom stereocenters. The summed E-state index contributed by atoms with van der Waals surface area (Å²) in [5, 5.41) is 7.11. The normalized spacial score (nSPS) is 12.5. The lowest BCUT2D eigenvalue weighted by Gasteiger charge is -2.22. The molecule has 0 aliphatic heterocycles. The van der Waals surface area contributed by atoms with Gasteiger partial charge in [0.2, 0.25) is 0 Å². The molecule has 2 aromatic carbocycles. The van der Waals surface area contributed by atoms with E-state index in [1.165, 1.54) is 18.3 Å². The third kappa shape index (κ3) is 5.84. The molecule has 36 heavy (non-hydrogen) atoms. The van der Waals surface area contributed by atoms with Gasteiger partial charge in [-0.2, -0.15) is 18.3 Å². The van der Waals surface area contributed by atoms with Gasteiger partial charge < -0.3 is 9.47 Å². The molecule has 0 aliphatic carbocycles. The van der Waals surface area contributed by atoms with Crippen molar-refractivity contribution in [3.8, 4) is 11.5 Å². The van der Waals surface area contributed by atoms with Crippen LogP contribution in [0, 0.1) is 11.6 Å². The van der Waals surface area contributed by atoms with Crippen molar-refractivity contribution < 1.29 is 48.6 Å². The van der Waals surface area contributed by atoms with Gasteiger partial charge in [0.05, 0.1) is 5.56 Å². The summed E-state index contributed by atoms with van der Waals surface area (Å²) in [5.41, 5.74) is -2.61. The molecule has 0 unspecified atom stereocenters. The number of halogens is 7. The minimum Gasteiger partial charge on any atom is -0.454 e. The fourth-order valence-corrected chi connectivity index (χ4v) is 4.29. The number of hydrogen-bond donors (Lipinski definition) is 0. The zero-order valence-electron chi connectivity index (χ0n) is 18.4. The number of benzene rings is 2. The van der Waals surface area contributed by atoms with E-state index in [4.69, 9.17) is 9.47 Å². The second-order valence-electron chi connectivity index (χ2n) is 7.30. The van der Waals surface area contributed by atoms with E-state index in [9.17, 15) is 39.2 Å². The van der Waals surface area contributed by atoms with Crippen LogP contribution in [-0.2, 0) is 26.9 Å². The first-order chi connectivity index (χ1) is 16.6. The fraction of sp³-hybridized carbons (Fsp3) is 0.238. The zero-order valence-corrected chi connectivity index (χ0v) is 19.2. The van der Waals surface area contributed by atoms with Crippen molar-refractivity contribution in [2.75, 3.05) is 18.1 Å². The van der Waals surface area contributed by atoms with Gasteiger partial charge in [-0.1, -0.05) is 0 Å². The van der Waals surface area contributed by atoms with Crippen LogP contribution < -0.4 is 9.04 Å². The van der Waals surface area contributed by atoms with Crippen LogP contribution in [0.3, 0.4) is 0 Å². The zero-order chi connectivity index (χ0) is 26.9. The summed E-state index contributed by atoms with van der Waals surface area (Å²) >= 11 is 0. The van der Waals surface area contributed by atoms with Gasteiger partial charge in [-0.25, -0.2) is 30.3 Å². The maximum Gasteiger partial charge on any atom is 0.416 e. The molecule has 15 heteroatoms. The average molecular weight is 539 g/mol. The molecule has 0 aliphatic rings. The molecule has 3 aromatic rings. The van der Waals surface area contributed by atoms with E-state index in [0.717, 1.165) is 7.11 Å². The Balaban J connectivity index is 2.05. The van der Waals surface area contributed by atoms with Gasteiger partial charge in [-0.05, 0) is 30.3 Å². The highest BCUT2D eigenvalue weighted by Gasteiger charge is 2.35. The first-order valence-electron chi connectivity index (χ1n) is 9.71. The topological polar surface area (TPSA) is 81.6 Å². The number of sulfonamides is 1. The Labute approximate surface area is 200 Å². The van der Waals surface area contributed by atoms with Crippen LogP contribution in [0.25, 0.3) is 0 Å². The van der Waals surface area contributed by atoms with E-state index in [0.29, 0.717) is 23.4 Å². The Kier molecular flexibility index (Phi) is 7.45. The van der Waals surface area contributed by atoms with E-state index < -0.39 is 68.0 Å². The predicted octanol–water partition coefficient (Wildman–Crippen LogP) is 5.48. The van der Waals surface area contributed by atoms with Crippen LogP contribution >= 0.6 is 0 Å². The molecule has 0 spiro atoms. The van der Waals surface area contributed by atoms with Crippen LogP contribution in [0.4, 0.5) is 36.6 Å². The molecule has 0 bridgehead atoms.